The van der Waals surface area contributed by atoms with Crippen LogP contribution < -0.4 is 0 Å². The molecule has 1 aliphatic rings. The van der Waals surface area contributed by atoms with Gasteiger partial charge in [0.05, 0.1) is 5.56 Å². The van der Waals surface area contributed by atoms with Gasteiger partial charge in [-0.1, -0.05) is 15.9 Å². The summed E-state index contributed by atoms with van der Waals surface area (Å²) in [4.78, 5) is 24.8. The predicted octanol–water partition coefficient (Wildman–Crippen LogP) is 2.87. The Morgan fingerprint density at radius 3 is 2.86 bits per heavy atom. The number of benzene rings is 1. The maximum atomic E-state index is 12.5. The van der Waals surface area contributed by atoms with Gasteiger partial charge in [-0.05, 0) is 43.4 Å². The number of aliphatic carboxylic acids is 1. The predicted molar refractivity (Wildman–Crippen MR) is 81.3 cm³/mol. The minimum atomic E-state index is -0.803. The molecule has 114 valence electrons. The Labute approximate surface area is 131 Å². The SMILES string of the molecule is O=C(O)CCC1CCCN(C(=O)c2cc(Br)ccc2O)C1. The third-order valence-corrected chi connectivity index (χ3v) is 4.25. The second-order valence-corrected chi connectivity index (χ2v) is 6.27. The molecule has 1 atom stereocenters. The Bertz CT molecular complexity index is 546. The maximum absolute atomic E-state index is 12.5. The van der Waals surface area contributed by atoms with Crippen molar-refractivity contribution >= 4 is 27.8 Å². The van der Waals surface area contributed by atoms with Crippen molar-refractivity contribution in [2.45, 2.75) is 25.7 Å². The normalized spacial score (nSPS) is 18.5. The van der Waals surface area contributed by atoms with Crippen LogP contribution in [0, 0.1) is 5.92 Å². The average molecular weight is 356 g/mol. The van der Waals surface area contributed by atoms with Crippen LogP contribution in [-0.2, 0) is 4.79 Å². The van der Waals surface area contributed by atoms with Crippen molar-refractivity contribution < 1.29 is 19.8 Å². The first-order valence-corrected chi connectivity index (χ1v) is 7.76. The monoisotopic (exact) mass is 355 g/mol. The summed E-state index contributed by atoms with van der Waals surface area (Å²) in [5.41, 5.74) is 0.281. The van der Waals surface area contributed by atoms with Gasteiger partial charge in [0.25, 0.3) is 5.91 Å². The van der Waals surface area contributed by atoms with Gasteiger partial charge in [-0.25, -0.2) is 0 Å². The molecule has 2 N–H and O–H groups in total. The molecule has 1 fully saturated rings. The van der Waals surface area contributed by atoms with Gasteiger partial charge < -0.3 is 15.1 Å². The van der Waals surface area contributed by atoms with E-state index < -0.39 is 5.97 Å². The van der Waals surface area contributed by atoms with Gasteiger partial charge in [0.15, 0.2) is 0 Å². The van der Waals surface area contributed by atoms with E-state index in [-0.39, 0.29) is 29.6 Å². The highest BCUT2D eigenvalue weighted by Gasteiger charge is 2.26. The summed E-state index contributed by atoms with van der Waals surface area (Å²) in [5.74, 6) is -0.819. The molecule has 1 heterocycles. The number of hydrogen-bond acceptors (Lipinski definition) is 3. The molecule has 6 heteroatoms. The van der Waals surface area contributed by atoms with Crippen LogP contribution in [0.15, 0.2) is 22.7 Å². The summed E-state index contributed by atoms with van der Waals surface area (Å²) in [7, 11) is 0. The van der Waals surface area contributed by atoms with Crippen LogP contribution >= 0.6 is 15.9 Å². The van der Waals surface area contributed by atoms with Gasteiger partial charge in [-0.3, -0.25) is 9.59 Å². The summed E-state index contributed by atoms with van der Waals surface area (Å²) in [6.07, 6.45) is 2.53. The molecule has 5 nitrogen and oxygen atoms in total. The van der Waals surface area contributed by atoms with E-state index in [9.17, 15) is 14.7 Å². The smallest absolute Gasteiger partial charge is 0.303 e. The molecule has 1 aromatic rings. The number of carbonyl (C=O) groups excluding carboxylic acids is 1. The van der Waals surface area contributed by atoms with Crippen molar-refractivity contribution in [1.29, 1.82) is 0 Å². The highest BCUT2D eigenvalue weighted by molar-refractivity contribution is 9.10. The number of halogens is 1. The second kappa shape index (κ2) is 6.93. The molecule has 0 aromatic heterocycles. The van der Waals surface area contributed by atoms with Crippen LogP contribution in [0.25, 0.3) is 0 Å². The highest BCUT2D eigenvalue weighted by Crippen LogP contribution is 2.27. The summed E-state index contributed by atoms with van der Waals surface area (Å²) in [6, 6.07) is 4.78. The van der Waals surface area contributed by atoms with Crippen LogP contribution in [-0.4, -0.2) is 40.1 Å². The molecule has 0 bridgehead atoms. The Morgan fingerprint density at radius 1 is 1.38 bits per heavy atom. The van der Waals surface area contributed by atoms with Gasteiger partial charge in [-0.2, -0.15) is 0 Å². The third-order valence-electron chi connectivity index (χ3n) is 3.76. The highest BCUT2D eigenvalue weighted by atomic mass is 79.9. The number of amides is 1. The Kier molecular flexibility index (Phi) is 5.22. The molecule has 0 aliphatic carbocycles. The largest absolute Gasteiger partial charge is 0.507 e. The molecule has 21 heavy (non-hydrogen) atoms. The Morgan fingerprint density at radius 2 is 2.14 bits per heavy atom. The van der Waals surface area contributed by atoms with Gasteiger partial charge in [-0.15, -0.1) is 0 Å². The van der Waals surface area contributed by atoms with E-state index in [0.717, 1.165) is 17.3 Å². The number of hydrogen-bond donors (Lipinski definition) is 2. The molecule has 1 aliphatic heterocycles. The topological polar surface area (TPSA) is 77.8 Å². The third kappa shape index (κ3) is 4.20. The lowest BCUT2D eigenvalue weighted by Gasteiger charge is -2.32. The molecule has 0 spiro atoms. The number of rotatable bonds is 4. The lowest BCUT2D eigenvalue weighted by molar-refractivity contribution is -0.137. The van der Waals surface area contributed by atoms with Crippen molar-refractivity contribution in [3.05, 3.63) is 28.2 Å². The molecule has 2 rings (SSSR count). The molecule has 0 radical (unpaired) electrons. The number of phenols is 1. The molecule has 0 saturated carbocycles. The number of phenolic OH excluding ortho intramolecular Hbond substituents is 1. The summed E-state index contributed by atoms with van der Waals surface area (Å²) in [6.45, 7) is 1.20. The van der Waals surface area contributed by atoms with Crippen molar-refractivity contribution in [2.75, 3.05) is 13.1 Å². The van der Waals surface area contributed by atoms with E-state index >= 15 is 0 Å². The standard InChI is InChI=1S/C15H18BrNO4/c16-11-4-5-13(18)12(8-11)15(21)17-7-1-2-10(9-17)3-6-14(19)20/h4-5,8,10,18H,1-3,6-7,9H2,(H,19,20). The quantitative estimate of drug-likeness (QED) is 0.870. The fraction of sp³-hybridized carbons (Fsp3) is 0.467. The molecule has 1 amide bonds. The van der Waals surface area contributed by atoms with Crippen molar-refractivity contribution in [3.8, 4) is 5.75 Å². The number of nitrogens with zero attached hydrogens (tertiary/aromatic N) is 1. The van der Waals surface area contributed by atoms with Crippen LogP contribution in [0.5, 0.6) is 5.75 Å². The second-order valence-electron chi connectivity index (χ2n) is 5.35. The first-order valence-electron chi connectivity index (χ1n) is 6.97. The van der Waals surface area contributed by atoms with Gasteiger partial charge in [0, 0.05) is 24.0 Å². The maximum Gasteiger partial charge on any atom is 0.303 e. The van der Waals surface area contributed by atoms with E-state index in [2.05, 4.69) is 15.9 Å². The van der Waals surface area contributed by atoms with Crippen LogP contribution in [0.4, 0.5) is 0 Å². The van der Waals surface area contributed by atoms with E-state index in [1.54, 1.807) is 17.0 Å². The zero-order valence-corrected chi connectivity index (χ0v) is 13.2. The van der Waals surface area contributed by atoms with Gasteiger partial charge in [0.2, 0.25) is 0 Å². The molecule has 1 aromatic carbocycles. The lowest BCUT2D eigenvalue weighted by atomic mass is 9.93. The van der Waals surface area contributed by atoms with E-state index in [1.165, 1.54) is 6.07 Å². The summed E-state index contributed by atoms with van der Waals surface area (Å²) in [5, 5.41) is 18.6. The molecular formula is C15H18BrNO4. The van der Waals surface area contributed by atoms with E-state index in [4.69, 9.17) is 5.11 Å². The van der Waals surface area contributed by atoms with Crippen molar-refractivity contribution in [3.63, 3.8) is 0 Å². The lowest BCUT2D eigenvalue weighted by Crippen LogP contribution is -2.40. The van der Waals surface area contributed by atoms with Crippen LogP contribution in [0.2, 0.25) is 0 Å². The van der Waals surface area contributed by atoms with E-state index in [0.29, 0.717) is 19.5 Å². The van der Waals surface area contributed by atoms with Gasteiger partial charge in [0.1, 0.15) is 5.75 Å². The fourth-order valence-corrected chi connectivity index (χ4v) is 3.02. The summed E-state index contributed by atoms with van der Waals surface area (Å²) < 4.78 is 0.739. The first-order chi connectivity index (χ1) is 9.97. The summed E-state index contributed by atoms with van der Waals surface area (Å²) >= 11 is 3.29. The zero-order chi connectivity index (χ0) is 15.4. The van der Waals surface area contributed by atoms with Crippen molar-refractivity contribution in [1.82, 2.24) is 4.90 Å². The number of carbonyl (C=O) groups is 2. The average Bonchev–Trinajstić information content (AvgIpc) is 2.47. The molecule has 1 unspecified atom stereocenters. The van der Waals surface area contributed by atoms with Crippen molar-refractivity contribution in [2.24, 2.45) is 5.92 Å². The Hall–Kier alpha value is -1.56. The van der Waals surface area contributed by atoms with E-state index in [1.807, 2.05) is 0 Å². The molecule has 1 saturated heterocycles. The van der Waals surface area contributed by atoms with Crippen LogP contribution in [0.1, 0.15) is 36.0 Å². The van der Waals surface area contributed by atoms with Gasteiger partial charge >= 0.3 is 5.97 Å². The number of aromatic hydroxyl groups is 1. The minimum absolute atomic E-state index is 0.0316. The first kappa shape index (κ1) is 15.8. The zero-order valence-electron chi connectivity index (χ0n) is 11.6. The Balaban J connectivity index is 2.05. The number of likely N-dealkylation sites (tertiary alicyclic amines) is 1. The number of piperidine rings is 1. The molecular weight excluding hydrogens is 338 g/mol. The fourth-order valence-electron chi connectivity index (χ4n) is 2.66. The number of carboxylic acid groups (broad SMARTS) is 1. The minimum Gasteiger partial charge on any atom is -0.507 e. The van der Waals surface area contributed by atoms with Crippen LogP contribution in [0.3, 0.4) is 0 Å². The number of carboxylic acids is 1.